The van der Waals surface area contributed by atoms with E-state index in [1.165, 1.54) is 30.3 Å². The second kappa shape index (κ2) is 11.7. The average molecular weight is 609 g/mol. The van der Waals surface area contributed by atoms with Crippen molar-refractivity contribution in [1.82, 2.24) is 0 Å². The summed E-state index contributed by atoms with van der Waals surface area (Å²) < 4.78 is 62.6. The number of fused-ring (bicyclic) bond motifs is 1. The van der Waals surface area contributed by atoms with Gasteiger partial charge in [0.1, 0.15) is 10.6 Å². The normalized spacial score (nSPS) is 12.1. The lowest BCUT2D eigenvalue weighted by Crippen LogP contribution is -2.25. The first kappa shape index (κ1) is 28.1. The number of para-hydroxylation sites is 1. The Labute approximate surface area is 250 Å². The monoisotopic (exact) mass is 608 g/mol. The molecule has 214 valence electrons. The van der Waals surface area contributed by atoms with Crippen molar-refractivity contribution in [2.75, 3.05) is 4.31 Å². The van der Waals surface area contributed by atoms with Gasteiger partial charge >= 0.3 is 15.7 Å². The fraction of sp³-hybridized carbons (Fsp3) is 0. The molecule has 1 aromatic heterocycles. The Morgan fingerprint density at radius 1 is 0.674 bits per heavy atom. The zero-order chi connectivity index (χ0) is 30.0. The van der Waals surface area contributed by atoms with E-state index in [2.05, 4.69) is 0 Å². The number of benzene rings is 5. The van der Waals surface area contributed by atoms with E-state index in [-0.39, 0.29) is 33.0 Å². The largest absolute Gasteiger partial charge is 0.755 e. The van der Waals surface area contributed by atoms with E-state index in [1.54, 1.807) is 42.5 Å². The Bertz CT molecular complexity index is 2100. The smallest absolute Gasteiger partial charge is 0.361 e. The first-order valence-electron chi connectivity index (χ1n) is 13.0. The van der Waals surface area contributed by atoms with Crippen LogP contribution in [0.2, 0.25) is 0 Å². The van der Waals surface area contributed by atoms with Gasteiger partial charge in [-0.1, -0.05) is 97.1 Å². The van der Waals surface area contributed by atoms with Crippen LogP contribution in [0.4, 0.5) is 11.4 Å². The van der Waals surface area contributed by atoms with Crippen LogP contribution in [-0.4, -0.2) is 17.2 Å². The van der Waals surface area contributed by atoms with Gasteiger partial charge in [-0.2, -0.15) is 8.42 Å². The van der Waals surface area contributed by atoms with E-state index in [9.17, 15) is 22.0 Å². The van der Waals surface area contributed by atoms with Gasteiger partial charge in [-0.25, -0.2) is 4.79 Å². The van der Waals surface area contributed by atoms with Gasteiger partial charge < -0.3 is 13.2 Å². The van der Waals surface area contributed by atoms with Gasteiger partial charge in [0.05, 0.1) is 17.0 Å². The molecule has 0 amide bonds. The fourth-order valence-electron chi connectivity index (χ4n) is 4.65. The molecule has 0 fully saturated rings. The highest BCUT2D eigenvalue weighted by atomic mass is 32.2. The lowest BCUT2D eigenvalue weighted by molar-refractivity contribution is 0.475. The first-order chi connectivity index (χ1) is 20.8. The molecule has 43 heavy (non-hydrogen) atoms. The van der Waals surface area contributed by atoms with E-state index in [0.29, 0.717) is 0 Å². The van der Waals surface area contributed by atoms with Crippen molar-refractivity contribution in [3.05, 3.63) is 144 Å². The number of nitrogens with zero attached hydrogens (tertiary/aromatic N) is 1. The zero-order valence-corrected chi connectivity index (χ0v) is 24.0. The highest BCUT2D eigenvalue weighted by Gasteiger charge is 2.22. The lowest BCUT2D eigenvalue weighted by Gasteiger charge is -2.25. The van der Waals surface area contributed by atoms with Crippen LogP contribution in [0.3, 0.4) is 0 Å². The third-order valence-corrected chi connectivity index (χ3v) is 8.69. The van der Waals surface area contributed by atoms with E-state index < -0.39 is 27.0 Å². The van der Waals surface area contributed by atoms with Gasteiger partial charge in [0.2, 0.25) is 0 Å². The number of hydrogen-bond donors (Lipinski definition) is 0. The molecular formula is C33H22NO7S2-. The molecule has 0 aliphatic heterocycles. The molecule has 5 aromatic carbocycles. The molecule has 1 unspecified atom stereocenters. The van der Waals surface area contributed by atoms with Gasteiger partial charge in [-0.05, 0) is 58.7 Å². The lowest BCUT2D eigenvalue weighted by atomic mass is 10.1. The summed E-state index contributed by atoms with van der Waals surface area (Å²) in [5.41, 5.74) is 2.38. The number of hydrogen-bond acceptors (Lipinski definition) is 7. The average Bonchev–Trinajstić information content (AvgIpc) is 3.03. The quantitative estimate of drug-likeness (QED) is 0.106. The van der Waals surface area contributed by atoms with Crippen LogP contribution in [-0.2, 0) is 21.4 Å². The van der Waals surface area contributed by atoms with Crippen LogP contribution in [0.15, 0.2) is 148 Å². The maximum absolute atomic E-state index is 13.1. The summed E-state index contributed by atoms with van der Waals surface area (Å²) in [6.45, 7) is 0. The molecule has 0 radical (unpaired) electrons. The SMILES string of the molecule is O=c1oc2c(OS(=O)(=O)c3ccc(-c4ccccc4)cc3)cccc2cc1N(c1ccc(-c2ccccc2)cc1)S(=O)[O-]. The summed E-state index contributed by atoms with van der Waals surface area (Å²) in [6, 6.07) is 37.6. The Morgan fingerprint density at radius 2 is 1.21 bits per heavy atom. The Kier molecular flexibility index (Phi) is 7.64. The van der Waals surface area contributed by atoms with Gasteiger partial charge in [0.25, 0.3) is 0 Å². The second-order valence-electron chi connectivity index (χ2n) is 9.45. The van der Waals surface area contributed by atoms with Crippen LogP contribution in [0.25, 0.3) is 33.2 Å². The molecule has 1 atom stereocenters. The van der Waals surface area contributed by atoms with Crippen molar-refractivity contribution in [3.8, 4) is 28.0 Å². The summed E-state index contributed by atoms with van der Waals surface area (Å²) in [6.07, 6.45) is 0. The molecule has 0 spiro atoms. The highest BCUT2D eigenvalue weighted by Crippen LogP contribution is 2.33. The fourth-order valence-corrected chi connectivity index (χ4v) is 6.17. The molecule has 0 aliphatic carbocycles. The van der Waals surface area contributed by atoms with Crippen molar-refractivity contribution >= 4 is 43.7 Å². The van der Waals surface area contributed by atoms with Crippen LogP contribution in [0.5, 0.6) is 5.75 Å². The molecule has 0 bridgehead atoms. The van der Waals surface area contributed by atoms with Crippen molar-refractivity contribution in [2.24, 2.45) is 0 Å². The van der Waals surface area contributed by atoms with Crippen molar-refractivity contribution in [3.63, 3.8) is 0 Å². The summed E-state index contributed by atoms with van der Waals surface area (Å²) >= 11 is -2.88. The van der Waals surface area contributed by atoms with Crippen LogP contribution in [0.1, 0.15) is 0 Å². The minimum Gasteiger partial charge on any atom is -0.755 e. The van der Waals surface area contributed by atoms with Gasteiger partial charge in [0.15, 0.2) is 11.3 Å². The van der Waals surface area contributed by atoms with Gasteiger partial charge in [0, 0.05) is 5.39 Å². The zero-order valence-electron chi connectivity index (χ0n) is 22.3. The van der Waals surface area contributed by atoms with E-state index in [4.69, 9.17) is 8.60 Å². The molecular weight excluding hydrogens is 586 g/mol. The van der Waals surface area contributed by atoms with Crippen molar-refractivity contribution in [2.45, 2.75) is 4.90 Å². The van der Waals surface area contributed by atoms with E-state index in [1.807, 2.05) is 60.7 Å². The Hall–Kier alpha value is -5.03. The van der Waals surface area contributed by atoms with E-state index >= 15 is 0 Å². The molecule has 0 saturated heterocycles. The molecule has 8 nitrogen and oxygen atoms in total. The minimum atomic E-state index is -4.30. The van der Waals surface area contributed by atoms with Gasteiger partial charge in [-0.3, -0.25) is 8.51 Å². The predicted molar refractivity (Wildman–Crippen MR) is 165 cm³/mol. The predicted octanol–water partition coefficient (Wildman–Crippen LogP) is 6.83. The first-order valence-corrected chi connectivity index (χ1v) is 15.5. The van der Waals surface area contributed by atoms with Crippen LogP contribution in [0, 0.1) is 0 Å². The molecule has 1 heterocycles. The van der Waals surface area contributed by atoms with Crippen molar-refractivity contribution < 1.29 is 25.8 Å². The molecule has 0 aliphatic rings. The minimum absolute atomic E-state index is 0.0879. The Morgan fingerprint density at radius 3 is 1.77 bits per heavy atom. The third kappa shape index (κ3) is 5.84. The van der Waals surface area contributed by atoms with Gasteiger partial charge in [-0.15, -0.1) is 0 Å². The summed E-state index contributed by atoms with van der Waals surface area (Å²) in [4.78, 5) is 13.0. The number of anilines is 2. The molecule has 0 saturated carbocycles. The van der Waals surface area contributed by atoms with Crippen LogP contribution < -0.4 is 14.1 Å². The maximum Gasteiger partial charge on any atom is 0.361 e. The topological polar surface area (TPSA) is 117 Å². The maximum atomic E-state index is 13.1. The summed E-state index contributed by atoms with van der Waals surface area (Å²) in [7, 11) is -4.30. The Balaban J connectivity index is 1.32. The molecule has 6 rings (SSSR count). The van der Waals surface area contributed by atoms with E-state index in [0.717, 1.165) is 26.6 Å². The summed E-state index contributed by atoms with van der Waals surface area (Å²) in [5, 5.41) is 0.262. The number of rotatable bonds is 8. The molecule has 6 aromatic rings. The highest BCUT2D eigenvalue weighted by molar-refractivity contribution is 7.87. The standard InChI is InChI=1S/C33H23NO7S2/c35-33-30(34(42(36)37)28-18-14-25(15-19-28)23-8-3-1-4-9-23)22-27-12-7-13-31(32(27)40-33)41-43(38,39)29-20-16-26(17-21-29)24-10-5-2-6-11-24/h1-22H,(H,36,37)/p-1. The molecule has 0 N–H and O–H groups in total. The third-order valence-electron chi connectivity index (χ3n) is 6.73. The van der Waals surface area contributed by atoms with Crippen molar-refractivity contribution in [1.29, 1.82) is 0 Å². The summed E-state index contributed by atoms with van der Waals surface area (Å²) in [5.74, 6) is -0.213. The molecule has 10 heteroatoms. The second-order valence-corrected chi connectivity index (χ2v) is 11.8. The van der Waals surface area contributed by atoms with Crippen LogP contribution >= 0.6 is 0 Å².